The summed E-state index contributed by atoms with van der Waals surface area (Å²) in [7, 11) is -4.00. The van der Waals surface area contributed by atoms with E-state index in [1.807, 2.05) is 13.8 Å². The van der Waals surface area contributed by atoms with Crippen LogP contribution in [0.25, 0.3) is 0 Å². The lowest BCUT2D eigenvalue weighted by Gasteiger charge is -2.38. The molecule has 1 saturated heterocycles. The lowest BCUT2D eigenvalue weighted by molar-refractivity contribution is 0.248. The smallest absolute Gasteiger partial charge is 0.330 e. The van der Waals surface area contributed by atoms with Crippen LogP contribution in [-0.4, -0.2) is 55.8 Å². The topological polar surface area (TPSA) is 120 Å². The first-order valence-electron chi connectivity index (χ1n) is 13.1. The van der Waals surface area contributed by atoms with Crippen LogP contribution in [0.3, 0.4) is 0 Å². The zero-order valence-corrected chi connectivity index (χ0v) is 23.3. The van der Waals surface area contributed by atoms with Crippen molar-refractivity contribution < 1.29 is 26.4 Å². The zero-order chi connectivity index (χ0) is 29.3. The number of hydrogen-bond acceptors (Lipinski definition) is 7. The van der Waals surface area contributed by atoms with Crippen molar-refractivity contribution in [1.29, 1.82) is 0 Å². The maximum absolute atomic E-state index is 15.1. The Kier molecular flexibility index (Phi) is 8.04. The molecule has 0 radical (unpaired) electrons. The summed E-state index contributed by atoms with van der Waals surface area (Å²) >= 11 is 0. The number of urea groups is 1. The van der Waals surface area contributed by atoms with E-state index in [1.165, 1.54) is 34.1 Å². The van der Waals surface area contributed by atoms with Crippen LogP contribution in [0.2, 0.25) is 0 Å². The largest absolute Gasteiger partial charge is 0.350 e. The molecule has 2 amide bonds. The SMILES string of the molecule is CC(C)N1C(=O)N(c2ccc(NS(=O)(=O)Cc3ccc(F)cc3)c(F)c2)Cc2cnc(N[C@@H]3CNC[C@@H](F)C3)nc21. The molecule has 2 atom stereocenters. The van der Waals surface area contributed by atoms with Gasteiger partial charge in [-0.3, -0.25) is 14.5 Å². The molecule has 2 aromatic carbocycles. The Balaban J connectivity index is 1.35. The molecular weight excluding hydrogens is 559 g/mol. The lowest BCUT2D eigenvalue weighted by atomic mass is 10.1. The van der Waals surface area contributed by atoms with Crippen molar-refractivity contribution in [1.82, 2.24) is 15.3 Å². The van der Waals surface area contributed by atoms with E-state index in [-0.39, 0.29) is 36.0 Å². The van der Waals surface area contributed by atoms with Gasteiger partial charge in [-0.15, -0.1) is 0 Å². The highest BCUT2D eigenvalue weighted by molar-refractivity contribution is 7.91. The maximum atomic E-state index is 15.1. The molecule has 14 heteroatoms. The predicted octanol–water partition coefficient (Wildman–Crippen LogP) is 4.16. The van der Waals surface area contributed by atoms with Crippen LogP contribution in [0, 0.1) is 11.6 Å². The number of hydrogen-bond donors (Lipinski definition) is 3. The van der Waals surface area contributed by atoms with Gasteiger partial charge in [0.2, 0.25) is 16.0 Å². The zero-order valence-electron chi connectivity index (χ0n) is 22.4. The van der Waals surface area contributed by atoms with E-state index < -0.39 is 39.6 Å². The molecule has 1 aromatic heterocycles. The molecule has 1 fully saturated rings. The molecule has 5 rings (SSSR count). The fraction of sp³-hybridized carbons (Fsp3) is 0.370. The van der Waals surface area contributed by atoms with E-state index in [0.717, 1.165) is 18.2 Å². The quantitative estimate of drug-likeness (QED) is 0.361. The van der Waals surface area contributed by atoms with Crippen LogP contribution >= 0.6 is 0 Å². The highest BCUT2D eigenvalue weighted by Gasteiger charge is 2.35. The molecular formula is C27H30F3N7O3S. The number of nitrogens with one attached hydrogen (secondary N) is 3. The molecule has 2 aliphatic rings. The Labute approximate surface area is 236 Å². The summed E-state index contributed by atoms with van der Waals surface area (Å²) in [5.41, 5.74) is 0.895. The minimum absolute atomic E-state index is 0.0598. The fourth-order valence-electron chi connectivity index (χ4n) is 4.85. The normalized spacial score (nSPS) is 19.3. The van der Waals surface area contributed by atoms with Gasteiger partial charge in [0.15, 0.2) is 0 Å². The third-order valence-electron chi connectivity index (χ3n) is 6.78. The summed E-state index contributed by atoms with van der Waals surface area (Å²) in [5, 5.41) is 6.14. The summed E-state index contributed by atoms with van der Waals surface area (Å²) in [6, 6.07) is 7.79. The van der Waals surface area contributed by atoms with Gasteiger partial charge in [0.05, 0.1) is 18.0 Å². The molecule has 3 heterocycles. The Bertz CT molecular complexity index is 1540. The molecule has 2 aliphatic heterocycles. The van der Waals surface area contributed by atoms with Crippen molar-refractivity contribution in [2.24, 2.45) is 0 Å². The van der Waals surface area contributed by atoms with Crippen LogP contribution in [0.4, 0.5) is 41.1 Å². The Morgan fingerprint density at radius 3 is 2.56 bits per heavy atom. The monoisotopic (exact) mass is 589 g/mol. The summed E-state index contributed by atoms with van der Waals surface area (Å²) in [5.74, 6) is -1.15. The summed E-state index contributed by atoms with van der Waals surface area (Å²) in [6.45, 7) is 4.56. The van der Waals surface area contributed by atoms with Gasteiger partial charge in [-0.1, -0.05) is 12.1 Å². The Morgan fingerprint density at radius 1 is 1.12 bits per heavy atom. The summed E-state index contributed by atoms with van der Waals surface area (Å²) in [4.78, 5) is 25.3. The number of fused-ring (bicyclic) bond motifs is 1. The number of rotatable bonds is 8. The highest BCUT2D eigenvalue weighted by atomic mass is 32.2. The van der Waals surface area contributed by atoms with Gasteiger partial charge in [0, 0.05) is 49.0 Å². The Morgan fingerprint density at radius 2 is 1.88 bits per heavy atom. The van der Waals surface area contributed by atoms with Gasteiger partial charge in [-0.05, 0) is 49.7 Å². The molecule has 0 unspecified atom stereocenters. The minimum Gasteiger partial charge on any atom is -0.350 e. The van der Waals surface area contributed by atoms with Crippen molar-refractivity contribution in [2.75, 3.05) is 32.9 Å². The molecule has 3 aromatic rings. The van der Waals surface area contributed by atoms with Crippen molar-refractivity contribution >= 4 is 39.2 Å². The first kappa shape index (κ1) is 28.6. The summed E-state index contributed by atoms with van der Waals surface area (Å²) < 4.78 is 69.4. The fourth-order valence-corrected chi connectivity index (χ4v) is 6.06. The molecule has 0 spiro atoms. The van der Waals surface area contributed by atoms with Crippen LogP contribution in [-0.2, 0) is 22.3 Å². The van der Waals surface area contributed by atoms with Gasteiger partial charge in [0.1, 0.15) is 23.6 Å². The predicted molar refractivity (Wildman–Crippen MR) is 150 cm³/mol. The van der Waals surface area contributed by atoms with Crippen LogP contribution in [0.1, 0.15) is 31.4 Å². The molecule has 0 aliphatic carbocycles. The van der Waals surface area contributed by atoms with Gasteiger partial charge in [-0.2, -0.15) is 4.98 Å². The van der Waals surface area contributed by atoms with Crippen molar-refractivity contribution in [3.05, 3.63) is 71.4 Å². The number of sulfonamides is 1. The van der Waals surface area contributed by atoms with Gasteiger partial charge < -0.3 is 10.6 Å². The number of amides is 2. The van der Waals surface area contributed by atoms with E-state index in [4.69, 9.17) is 0 Å². The second kappa shape index (κ2) is 11.5. The van der Waals surface area contributed by atoms with Gasteiger partial charge in [0.25, 0.3) is 0 Å². The second-order valence-corrected chi connectivity index (χ2v) is 12.1. The number of alkyl halides is 1. The average Bonchev–Trinajstić information content (AvgIpc) is 2.90. The van der Waals surface area contributed by atoms with Gasteiger partial charge in [-0.25, -0.2) is 31.4 Å². The standard InChI is InChI=1S/C27H30F3N7O3S/c1-16(2)37-25-18(11-32-26(34-25)33-21-9-20(29)12-31-13-21)14-36(27(37)38)22-7-8-24(23(30)10-22)35-41(39,40)15-17-3-5-19(28)6-4-17/h3-8,10-11,16,20-21,31,35H,9,12-15H2,1-2H3,(H,32,33,34)/t20-,21-/m0/s1. The first-order chi connectivity index (χ1) is 19.5. The van der Waals surface area contributed by atoms with Crippen LogP contribution in [0.15, 0.2) is 48.7 Å². The highest BCUT2D eigenvalue weighted by Crippen LogP contribution is 2.34. The van der Waals surface area contributed by atoms with Crippen LogP contribution < -0.4 is 25.2 Å². The molecule has 3 N–H and O–H groups in total. The second-order valence-electron chi connectivity index (χ2n) is 10.4. The molecule has 41 heavy (non-hydrogen) atoms. The van der Waals surface area contributed by atoms with E-state index >= 15 is 4.39 Å². The van der Waals surface area contributed by atoms with E-state index in [9.17, 15) is 22.0 Å². The van der Waals surface area contributed by atoms with Crippen molar-refractivity contribution in [3.63, 3.8) is 0 Å². The molecule has 0 bridgehead atoms. The van der Waals surface area contributed by atoms with Gasteiger partial charge >= 0.3 is 6.03 Å². The number of nitrogens with zero attached hydrogens (tertiary/aromatic N) is 4. The molecule has 0 saturated carbocycles. The summed E-state index contributed by atoms with van der Waals surface area (Å²) in [6.07, 6.45) is 0.924. The van der Waals surface area contributed by atoms with E-state index in [1.54, 1.807) is 6.20 Å². The molecule has 10 nitrogen and oxygen atoms in total. The number of piperidine rings is 1. The number of aromatic nitrogens is 2. The average molecular weight is 590 g/mol. The molecule has 218 valence electrons. The van der Waals surface area contributed by atoms with Crippen molar-refractivity contribution in [2.45, 2.75) is 50.8 Å². The third-order valence-corrected chi connectivity index (χ3v) is 8.03. The number of carbonyl (C=O) groups is 1. The van der Waals surface area contributed by atoms with E-state index in [0.29, 0.717) is 36.5 Å². The number of halogens is 3. The number of anilines is 4. The Hall–Kier alpha value is -3.91. The minimum atomic E-state index is -4.00. The first-order valence-corrected chi connectivity index (χ1v) is 14.8. The van der Waals surface area contributed by atoms with E-state index in [2.05, 4.69) is 25.3 Å². The van der Waals surface area contributed by atoms with Crippen molar-refractivity contribution in [3.8, 4) is 0 Å². The lowest BCUT2D eigenvalue weighted by Crippen LogP contribution is -2.51. The number of benzene rings is 2. The van der Waals surface area contributed by atoms with Crippen LogP contribution in [0.5, 0.6) is 0 Å². The maximum Gasteiger partial charge on any atom is 0.330 e. The third kappa shape index (κ3) is 6.54. The number of carbonyl (C=O) groups excluding carboxylic acids is 1.